The molecule has 0 saturated carbocycles. The topological polar surface area (TPSA) is 22.1 Å². The molecule has 2 rings (SSSR count). The molecule has 0 aliphatic heterocycles. The van der Waals surface area contributed by atoms with Crippen molar-refractivity contribution in [1.29, 1.82) is 0 Å². The Kier molecular flexibility index (Phi) is 4.38. The van der Waals surface area contributed by atoms with Crippen LogP contribution in [0.4, 0.5) is 4.39 Å². The average Bonchev–Trinajstić information content (AvgIpc) is 2.42. The molecule has 4 heteroatoms. The van der Waals surface area contributed by atoms with Crippen LogP contribution in [0.15, 0.2) is 36.5 Å². The molecule has 100 valence electrons. The Labute approximate surface area is 117 Å². The van der Waals surface area contributed by atoms with Crippen LogP contribution in [-0.4, -0.2) is 4.98 Å². The summed E-state index contributed by atoms with van der Waals surface area (Å²) >= 11 is 5.67. The molecule has 1 unspecified atom stereocenters. The number of ether oxygens (including phenoxy) is 1. The van der Waals surface area contributed by atoms with Gasteiger partial charge in [-0.2, -0.15) is 0 Å². The molecule has 0 spiro atoms. The van der Waals surface area contributed by atoms with E-state index in [1.165, 1.54) is 12.1 Å². The number of halogens is 2. The number of rotatable bonds is 4. The Balaban J connectivity index is 2.20. The van der Waals surface area contributed by atoms with E-state index in [0.717, 1.165) is 17.5 Å². The number of hydrogen-bond acceptors (Lipinski definition) is 2. The van der Waals surface area contributed by atoms with Crippen molar-refractivity contribution in [2.45, 2.75) is 26.4 Å². The predicted octanol–water partition coefficient (Wildman–Crippen LogP) is 4.58. The van der Waals surface area contributed by atoms with Gasteiger partial charge in [-0.15, -0.1) is 0 Å². The maximum atomic E-state index is 13.4. The van der Waals surface area contributed by atoms with Crippen molar-refractivity contribution in [2.75, 3.05) is 0 Å². The predicted molar refractivity (Wildman–Crippen MR) is 74.1 cm³/mol. The summed E-state index contributed by atoms with van der Waals surface area (Å²) in [5.41, 5.74) is 1.76. The molecule has 0 aliphatic carbocycles. The van der Waals surface area contributed by atoms with Crippen molar-refractivity contribution in [3.63, 3.8) is 0 Å². The van der Waals surface area contributed by atoms with Gasteiger partial charge < -0.3 is 4.74 Å². The first-order valence-corrected chi connectivity index (χ1v) is 6.55. The van der Waals surface area contributed by atoms with Gasteiger partial charge in [-0.05, 0) is 37.1 Å². The minimum atomic E-state index is -0.439. The van der Waals surface area contributed by atoms with Crippen molar-refractivity contribution in [1.82, 2.24) is 4.98 Å². The van der Waals surface area contributed by atoms with Crippen LogP contribution in [0, 0.1) is 5.82 Å². The van der Waals surface area contributed by atoms with Crippen LogP contribution in [-0.2, 0) is 6.42 Å². The third-order valence-corrected chi connectivity index (χ3v) is 3.24. The first-order valence-electron chi connectivity index (χ1n) is 6.17. The Hall–Kier alpha value is -1.61. The summed E-state index contributed by atoms with van der Waals surface area (Å²) in [6.45, 7) is 3.90. The van der Waals surface area contributed by atoms with Gasteiger partial charge in [0.2, 0.25) is 5.88 Å². The standard InChI is InChI=1S/C15H15ClFNO/c1-3-11-5-4-8-18-15(11)19-10(2)12-6-7-13(16)14(17)9-12/h4-10H,3H2,1-2H3. The lowest BCUT2D eigenvalue weighted by Gasteiger charge is -2.16. The van der Waals surface area contributed by atoms with Gasteiger partial charge in [0.25, 0.3) is 0 Å². The minimum Gasteiger partial charge on any atom is -0.470 e. The van der Waals surface area contributed by atoms with Gasteiger partial charge in [0.1, 0.15) is 11.9 Å². The molecular weight excluding hydrogens is 265 g/mol. The molecule has 19 heavy (non-hydrogen) atoms. The number of hydrogen-bond donors (Lipinski definition) is 0. The van der Waals surface area contributed by atoms with E-state index in [9.17, 15) is 4.39 Å². The first-order chi connectivity index (χ1) is 9.11. The highest BCUT2D eigenvalue weighted by Crippen LogP contribution is 2.25. The number of aromatic nitrogens is 1. The number of aryl methyl sites for hydroxylation is 1. The van der Waals surface area contributed by atoms with E-state index in [1.54, 1.807) is 12.3 Å². The summed E-state index contributed by atoms with van der Waals surface area (Å²) in [6, 6.07) is 8.52. The van der Waals surface area contributed by atoms with Gasteiger partial charge in [0.15, 0.2) is 0 Å². The van der Waals surface area contributed by atoms with Crippen molar-refractivity contribution in [2.24, 2.45) is 0 Å². The first kappa shape index (κ1) is 13.8. The quantitative estimate of drug-likeness (QED) is 0.817. The van der Waals surface area contributed by atoms with Crippen molar-refractivity contribution in [3.05, 3.63) is 58.5 Å². The van der Waals surface area contributed by atoms with E-state index in [1.807, 2.05) is 26.0 Å². The van der Waals surface area contributed by atoms with E-state index in [4.69, 9.17) is 16.3 Å². The molecule has 0 aliphatic rings. The largest absolute Gasteiger partial charge is 0.470 e. The summed E-state index contributed by atoms with van der Waals surface area (Å²) < 4.78 is 19.2. The highest BCUT2D eigenvalue weighted by Gasteiger charge is 2.12. The molecule has 0 amide bonds. The smallest absolute Gasteiger partial charge is 0.217 e. The van der Waals surface area contributed by atoms with E-state index in [2.05, 4.69) is 4.98 Å². The fourth-order valence-corrected chi connectivity index (χ4v) is 1.92. The summed E-state index contributed by atoms with van der Waals surface area (Å²) in [6.07, 6.45) is 2.24. The molecule has 1 heterocycles. The van der Waals surface area contributed by atoms with E-state index < -0.39 is 5.82 Å². The number of pyridine rings is 1. The molecule has 1 aromatic carbocycles. The van der Waals surface area contributed by atoms with E-state index in [-0.39, 0.29) is 11.1 Å². The van der Waals surface area contributed by atoms with Gasteiger partial charge in [-0.1, -0.05) is 30.7 Å². The second-order valence-electron chi connectivity index (χ2n) is 4.25. The van der Waals surface area contributed by atoms with Crippen LogP contribution < -0.4 is 4.74 Å². The Morgan fingerprint density at radius 3 is 2.84 bits per heavy atom. The maximum absolute atomic E-state index is 13.4. The molecule has 2 aromatic rings. The molecule has 1 atom stereocenters. The van der Waals surface area contributed by atoms with Crippen molar-refractivity contribution >= 4 is 11.6 Å². The third-order valence-electron chi connectivity index (χ3n) is 2.93. The van der Waals surface area contributed by atoms with Crippen LogP contribution in [0.25, 0.3) is 0 Å². The Morgan fingerprint density at radius 1 is 1.37 bits per heavy atom. The van der Waals surface area contributed by atoms with Gasteiger partial charge in [0.05, 0.1) is 5.02 Å². The number of benzene rings is 1. The monoisotopic (exact) mass is 279 g/mol. The second kappa shape index (κ2) is 6.02. The SMILES string of the molecule is CCc1cccnc1OC(C)c1ccc(Cl)c(F)c1. The molecule has 0 saturated heterocycles. The third kappa shape index (κ3) is 3.24. The summed E-state index contributed by atoms with van der Waals surface area (Å²) in [5.74, 6) is 0.152. The molecule has 0 bridgehead atoms. The lowest BCUT2D eigenvalue weighted by atomic mass is 10.1. The molecule has 0 radical (unpaired) electrons. The van der Waals surface area contributed by atoms with Crippen LogP contribution >= 0.6 is 11.6 Å². The molecule has 2 nitrogen and oxygen atoms in total. The zero-order valence-corrected chi connectivity index (χ0v) is 11.6. The normalized spacial score (nSPS) is 12.2. The molecule has 0 N–H and O–H groups in total. The van der Waals surface area contributed by atoms with Crippen LogP contribution in [0.2, 0.25) is 5.02 Å². The van der Waals surface area contributed by atoms with Gasteiger partial charge in [-0.3, -0.25) is 0 Å². The van der Waals surface area contributed by atoms with Gasteiger partial charge >= 0.3 is 0 Å². The Morgan fingerprint density at radius 2 is 2.16 bits per heavy atom. The maximum Gasteiger partial charge on any atom is 0.217 e. The lowest BCUT2D eigenvalue weighted by molar-refractivity contribution is 0.214. The van der Waals surface area contributed by atoms with Crippen molar-refractivity contribution < 1.29 is 9.13 Å². The summed E-state index contributed by atoms with van der Waals surface area (Å²) in [5, 5.41) is 0.114. The second-order valence-corrected chi connectivity index (χ2v) is 4.66. The molecule has 1 aromatic heterocycles. The Bertz CT molecular complexity index is 574. The molecular formula is C15H15ClFNO. The van der Waals surface area contributed by atoms with Crippen LogP contribution in [0.5, 0.6) is 5.88 Å². The van der Waals surface area contributed by atoms with Crippen LogP contribution in [0.1, 0.15) is 31.1 Å². The van der Waals surface area contributed by atoms with E-state index in [0.29, 0.717) is 5.88 Å². The zero-order valence-electron chi connectivity index (χ0n) is 10.9. The zero-order chi connectivity index (χ0) is 13.8. The van der Waals surface area contributed by atoms with Gasteiger partial charge in [0, 0.05) is 11.8 Å². The summed E-state index contributed by atoms with van der Waals surface area (Å²) in [7, 11) is 0. The average molecular weight is 280 g/mol. The lowest BCUT2D eigenvalue weighted by Crippen LogP contribution is -2.06. The van der Waals surface area contributed by atoms with Gasteiger partial charge in [-0.25, -0.2) is 9.37 Å². The fraction of sp³-hybridized carbons (Fsp3) is 0.267. The fourth-order valence-electron chi connectivity index (χ4n) is 1.80. The number of nitrogens with zero attached hydrogens (tertiary/aromatic N) is 1. The highest BCUT2D eigenvalue weighted by molar-refractivity contribution is 6.30. The van der Waals surface area contributed by atoms with Crippen LogP contribution in [0.3, 0.4) is 0 Å². The minimum absolute atomic E-state index is 0.114. The highest BCUT2D eigenvalue weighted by atomic mass is 35.5. The van der Waals surface area contributed by atoms with E-state index >= 15 is 0 Å². The van der Waals surface area contributed by atoms with Crippen molar-refractivity contribution in [3.8, 4) is 5.88 Å². The summed E-state index contributed by atoms with van der Waals surface area (Å²) in [4.78, 5) is 4.21. The molecule has 0 fully saturated rings.